The average molecular weight is 506 g/mol. The lowest BCUT2D eigenvalue weighted by Crippen LogP contribution is -2.36. The van der Waals surface area contributed by atoms with Gasteiger partial charge in [0, 0.05) is 47.9 Å². The zero-order valence-corrected chi connectivity index (χ0v) is 20.6. The quantitative estimate of drug-likeness (QED) is 0.382. The summed E-state index contributed by atoms with van der Waals surface area (Å²) in [7, 11) is -3.25. The molecule has 1 N–H and O–H groups in total. The largest absolute Gasteiger partial charge is 0.378 e. The Hall–Kier alpha value is -3.47. The summed E-state index contributed by atoms with van der Waals surface area (Å²) in [5.74, 6) is 0. The van der Waals surface area contributed by atoms with Crippen molar-refractivity contribution in [2.45, 2.75) is 4.21 Å². The summed E-state index contributed by atoms with van der Waals surface area (Å²) >= 11 is 1.25. The minimum absolute atomic E-state index is 0.344. The molecule has 0 saturated carbocycles. The average Bonchev–Trinajstić information content (AvgIpc) is 3.63. The summed E-state index contributed by atoms with van der Waals surface area (Å²) in [6.45, 7) is 3.31. The standard InChI is InChI=1S/C25H23N5O3S2/c1-35(31,32)24-9-7-22(34-24)21-15-26-23-8-4-18(16-30(21)23)20-14-27-28-25(20)17-2-5-19(6-3-17)29-10-12-33-13-11-29/h2-9,14-16H,10-13H2,1H3,(H,27,28). The predicted molar refractivity (Wildman–Crippen MR) is 138 cm³/mol. The molecule has 0 atom stereocenters. The molecule has 0 unspecified atom stereocenters. The molecule has 0 amide bonds. The highest BCUT2D eigenvalue weighted by Gasteiger charge is 2.17. The molecule has 1 aliphatic heterocycles. The van der Waals surface area contributed by atoms with Crippen molar-refractivity contribution < 1.29 is 13.2 Å². The van der Waals surface area contributed by atoms with Gasteiger partial charge in [0.05, 0.1) is 41.9 Å². The summed E-state index contributed by atoms with van der Waals surface area (Å²) in [6, 6.07) is 16.0. The lowest BCUT2D eigenvalue weighted by Gasteiger charge is -2.28. The first-order valence-corrected chi connectivity index (χ1v) is 13.9. The van der Waals surface area contributed by atoms with Crippen LogP contribution in [0.3, 0.4) is 0 Å². The molecule has 4 aromatic heterocycles. The zero-order valence-electron chi connectivity index (χ0n) is 19.0. The molecule has 8 nitrogen and oxygen atoms in total. The van der Waals surface area contributed by atoms with Gasteiger partial charge in [-0.15, -0.1) is 11.3 Å². The number of H-pyrrole nitrogens is 1. The lowest BCUT2D eigenvalue weighted by atomic mass is 10.0. The van der Waals surface area contributed by atoms with Gasteiger partial charge in [-0.25, -0.2) is 13.4 Å². The second-order valence-corrected chi connectivity index (χ2v) is 11.8. The fraction of sp³-hybridized carbons (Fsp3) is 0.200. The summed E-state index contributed by atoms with van der Waals surface area (Å²) in [5, 5.41) is 7.48. The number of nitrogens with one attached hydrogen (secondary N) is 1. The predicted octanol–water partition coefficient (Wildman–Crippen LogP) is 4.36. The van der Waals surface area contributed by atoms with Crippen LogP contribution in [0.4, 0.5) is 5.69 Å². The van der Waals surface area contributed by atoms with Gasteiger partial charge in [-0.05, 0) is 36.4 Å². The van der Waals surface area contributed by atoms with Gasteiger partial charge in [-0.1, -0.05) is 12.1 Å². The molecule has 0 bridgehead atoms. The number of thiophene rings is 1. The van der Waals surface area contributed by atoms with E-state index >= 15 is 0 Å². The molecular weight excluding hydrogens is 482 g/mol. The van der Waals surface area contributed by atoms with Crippen molar-refractivity contribution in [2.24, 2.45) is 0 Å². The van der Waals surface area contributed by atoms with Gasteiger partial charge < -0.3 is 9.64 Å². The fourth-order valence-electron chi connectivity index (χ4n) is 4.36. The summed E-state index contributed by atoms with van der Waals surface area (Å²) in [4.78, 5) is 7.68. The van der Waals surface area contributed by atoms with Crippen LogP contribution in [0.1, 0.15) is 0 Å². The van der Waals surface area contributed by atoms with Crippen LogP contribution < -0.4 is 4.90 Å². The second-order valence-electron chi connectivity index (χ2n) is 8.49. The van der Waals surface area contributed by atoms with Gasteiger partial charge in [-0.3, -0.25) is 9.50 Å². The molecule has 5 aromatic rings. The van der Waals surface area contributed by atoms with E-state index < -0.39 is 9.84 Å². The molecular formula is C25H23N5O3S2. The monoisotopic (exact) mass is 505 g/mol. The highest BCUT2D eigenvalue weighted by molar-refractivity contribution is 7.92. The molecule has 1 saturated heterocycles. The van der Waals surface area contributed by atoms with Gasteiger partial charge >= 0.3 is 0 Å². The second kappa shape index (κ2) is 8.63. The Morgan fingerprint density at radius 2 is 1.74 bits per heavy atom. The van der Waals surface area contributed by atoms with Crippen molar-refractivity contribution >= 4 is 32.5 Å². The van der Waals surface area contributed by atoms with Gasteiger partial charge in [0.2, 0.25) is 0 Å². The number of benzene rings is 1. The van der Waals surface area contributed by atoms with E-state index in [2.05, 4.69) is 44.3 Å². The Morgan fingerprint density at radius 3 is 2.49 bits per heavy atom. The number of hydrogen-bond donors (Lipinski definition) is 1. The topological polar surface area (TPSA) is 92.6 Å². The summed E-state index contributed by atoms with van der Waals surface area (Å²) in [5.41, 5.74) is 6.78. The molecule has 5 heterocycles. The number of imidazole rings is 1. The SMILES string of the molecule is CS(=O)(=O)c1ccc(-c2cnc3ccc(-c4cn[nH]c4-c4ccc(N5CCOCC5)cc4)cn23)s1. The Kier molecular flexibility index (Phi) is 5.43. The number of anilines is 1. The molecule has 0 radical (unpaired) electrons. The molecule has 1 fully saturated rings. The Labute approximate surface area is 206 Å². The van der Waals surface area contributed by atoms with Gasteiger partial charge in [-0.2, -0.15) is 5.10 Å². The zero-order chi connectivity index (χ0) is 24.0. The Morgan fingerprint density at radius 1 is 0.971 bits per heavy atom. The number of morpholine rings is 1. The highest BCUT2D eigenvalue weighted by Crippen LogP contribution is 2.34. The minimum atomic E-state index is -3.25. The third kappa shape index (κ3) is 4.13. The number of aromatic amines is 1. The number of pyridine rings is 1. The van der Waals surface area contributed by atoms with Crippen LogP contribution in [0.25, 0.3) is 38.6 Å². The molecule has 0 spiro atoms. The van der Waals surface area contributed by atoms with Gasteiger partial charge in [0.25, 0.3) is 0 Å². The Balaban J connectivity index is 1.35. The number of sulfone groups is 1. The molecule has 1 aromatic carbocycles. The first-order valence-electron chi connectivity index (χ1n) is 11.2. The number of aromatic nitrogens is 4. The Bertz CT molecular complexity index is 1610. The van der Waals surface area contributed by atoms with E-state index in [1.54, 1.807) is 12.3 Å². The molecule has 35 heavy (non-hydrogen) atoms. The van der Waals surface area contributed by atoms with Crippen LogP contribution in [-0.2, 0) is 14.6 Å². The van der Waals surface area contributed by atoms with Crippen molar-refractivity contribution in [3.63, 3.8) is 0 Å². The number of rotatable bonds is 5. The lowest BCUT2D eigenvalue weighted by molar-refractivity contribution is 0.122. The summed E-state index contributed by atoms with van der Waals surface area (Å²) in [6.07, 6.45) is 6.85. The number of hydrogen-bond acceptors (Lipinski definition) is 7. The van der Waals surface area contributed by atoms with Crippen LogP contribution in [-0.4, -0.2) is 60.6 Å². The van der Waals surface area contributed by atoms with E-state index in [1.807, 2.05) is 35.0 Å². The van der Waals surface area contributed by atoms with Crippen LogP contribution in [0.2, 0.25) is 0 Å². The van der Waals surface area contributed by atoms with E-state index in [4.69, 9.17) is 4.74 Å². The molecule has 6 rings (SSSR count). The fourth-order valence-corrected chi connectivity index (χ4v) is 6.30. The van der Waals surface area contributed by atoms with E-state index in [0.29, 0.717) is 4.21 Å². The first kappa shape index (κ1) is 22.0. The molecule has 10 heteroatoms. The first-order chi connectivity index (χ1) is 17.0. The van der Waals surface area contributed by atoms with Crippen LogP contribution in [0.15, 0.2) is 71.3 Å². The molecule has 0 aliphatic carbocycles. The van der Waals surface area contributed by atoms with E-state index in [-0.39, 0.29) is 0 Å². The minimum Gasteiger partial charge on any atom is -0.378 e. The number of nitrogens with zero attached hydrogens (tertiary/aromatic N) is 4. The van der Waals surface area contributed by atoms with Crippen LogP contribution in [0, 0.1) is 0 Å². The highest BCUT2D eigenvalue weighted by atomic mass is 32.2. The van der Waals surface area contributed by atoms with Crippen molar-refractivity contribution in [1.29, 1.82) is 0 Å². The van der Waals surface area contributed by atoms with Crippen molar-refractivity contribution in [2.75, 3.05) is 37.5 Å². The van der Waals surface area contributed by atoms with Crippen LogP contribution in [0.5, 0.6) is 0 Å². The maximum absolute atomic E-state index is 11.9. The molecule has 1 aliphatic rings. The third-order valence-electron chi connectivity index (χ3n) is 6.19. The van der Waals surface area contributed by atoms with Crippen molar-refractivity contribution in [3.05, 3.63) is 67.1 Å². The van der Waals surface area contributed by atoms with Crippen molar-refractivity contribution in [3.8, 4) is 33.0 Å². The van der Waals surface area contributed by atoms with E-state index in [1.165, 1.54) is 23.3 Å². The normalized spacial score (nSPS) is 14.6. The number of fused-ring (bicyclic) bond motifs is 1. The van der Waals surface area contributed by atoms with Gasteiger partial charge in [0.15, 0.2) is 9.84 Å². The third-order valence-corrected chi connectivity index (χ3v) is 9.12. The maximum atomic E-state index is 11.9. The van der Waals surface area contributed by atoms with Gasteiger partial charge in [0.1, 0.15) is 9.86 Å². The van der Waals surface area contributed by atoms with Crippen molar-refractivity contribution in [1.82, 2.24) is 19.6 Å². The maximum Gasteiger partial charge on any atom is 0.184 e. The smallest absolute Gasteiger partial charge is 0.184 e. The van der Waals surface area contributed by atoms with Crippen LogP contribution >= 0.6 is 11.3 Å². The molecule has 178 valence electrons. The van der Waals surface area contributed by atoms with E-state index in [9.17, 15) is 8.42 Å². The summed E-state index contributed by atoms with van der Waals surface area (Å²) < 4.78 is 31.7. The van der Waals surface area contributed by atoms with E-state index in [0.717, 1.165) is 64.9 Å². The number of ether oxygens (including phenoxy) is 1.